The van der Waals surface area contributed by atoms with Crippen LogP contribution in [0.15, 0.2) is 29.3 Å². The monoisotopic (exact) mass is 347 g/mol. The molecule has 1 heterocycles. The highest BCUT2D eigenvalue weighted by molar-refractivity contribution is 5.79. The van der Waals surface area contributed by atoms with E-state index in [-0.39, 0.29) is 0 Å². The van der Waals surface area contributed by atoms with Crippen LogP contribution in [-0.2, 0) is 6.54 Å². The molecule has 1 atom stereocenters. The highest BCUT2D eigenvalue weighted by atomic mass is 16.5. The Morgan fingerprint density at radius 3 is 2.40 bits per heavy atom. The van der Waals surface area contributed by atoms with Crippen molar-refractivity contribution in [1.29, 1.82) is 0 Å². The second-order valence-electron chi connectivity index (χ2n) is 6.47. The minimum Gasteiger partial charge on any atom is -0.497 e. The maximum Gasteiger partial charge on any atom is 0.191 e. The lowest BCUT2D eigenvalue weighted by Crippen LogP contribution is -2.53. The number of nitrogens with one attached hydrogen (secondary N) is 2. The molecule has 2 rings (SSSR count). The highest BCUT2D eigenvalue weighted by Gasteiger charge is 2.20. The van der Waals surface area contributed by atoms with E-state index in [0.29, 0.717) is 6.04 Å². The van der Waals surface area contributed by atoms with Crippen molar-refractivity contribution in [1.82, 2.24) is 20.4 Å². The van der Waals surface area contributed by atoms with Crippen LogP contribution in [0.2, 0.25) is 0 Å². The van der Waals surface area contributed by atoms with Gasteiger partial charge in [-0.25, -0.2) is 0 Å². The van der Waals surface area contributed by atoms with Crippen LogP contribution in [0.4, 0.5) is 0 Å². The van der Waals surface area contributed by atoms with Crippen LogP contribution in [0.3, 0.4) is 0 Å². The largest absolute Gasteiger partial charge is 0.497 e. The first-order valence-electron chi connectivity index (χ1n) is 9.20. The van der Waals surface area contributed by atoms with E-state index < -0.39 is 0 Å². The SMILES string of the molecule is CCN1CCN(C(C)CNC(=NC)NCc2ccc(OC)cc2)CC1. The third-order valence-electron chi connectivity index (χ3n) is 4.88. The number of nitrogens with zero attached hydrogens (tertiary/aromatic N) is 3. The first kappa shape index (κ1) is 19.5. The Balaban J connectivity index is 1.72. The molecule has 0 spiro atoms. The lowest BCUT2D eigenvalue weighted by molar-refractivity contribution is 0.107. The minimum atomic E-state index is 0.499. The molecule has 6 nitrogen and oxygen atoms in total. The van der Waals surface area contributed by atoms with E-state index in [4.69, 9.17) is 4.74 Å². The summed E-state index contributed by atoms with van der Waals surface area (Å²) >= 11 is 0. The van der Waals surface area contributed by atoms with Crippen molar-refractivity contribution in [3.8, 4) is 5.75 Å². The Morgan fingerprint density at radius 1 is 1.16 bits per heavy atom. The first-order chi connectivity index (χ1) is 12.2. The molecule has 1 unspecified atom stereocenters. The molecule has 25 heavy (non-hydrogen) atoms. The summed E-state index contributed by atoms with van der Waals surface area (Å²) in [4.78, 5) is 9.38. The number of hydrogen-bond donors (Lipinski definition) is 2. The van der Waals surface area contributed by atoms with Crippen LogP contribution >= 0.6 is 0 Å². The van der Waals surface area contributed by atoms with Crippen LogP contribution < -0.4 is 15.4 Å². The van der Waals surface area contributed by atoms with Gasteiger partial charge in [0, 0.05) is 52.4 Å². The van der Waals surface area contributed by atoms with Gasteiger partial charge >= 0.3 is 0 Å². The molecule has 1 aliphatic rings. The third-order valence-corrected chi connectivity index (χ3v) is 4.88. The molecule has 1 aromatic carbocycles. The minimum absolute atomic E-state index is 0.499. The summed E-state index contributed by atoms with van der Waals surface area (Å²) in [6, 6.07) is 8.58. The molecule has 0 saturated carbocycles. The zero-order valence-corrected chi connectivity index (χ0v) is 16.1. The Morgan fingerprint density at radius 2 is 1.84 bits per heavy atom. The molecule has 0 bridgehead atoms. The van der Waals surface area contributed by atoms with Crippen molar-refractivity contribution < 1.29 is 4.74 Å². The summed E-state index contributed by atoms with van der Waals surface area (Å²) in [5.74, 6) is 1.72. The fraction of sp³-hybridized carbons (Fsp3) is 0.632. The van der Waals surface area contributed by atoms with Crippen LogP contribution in [0.1, 0.15) is 19.4 Å². The van der Waals surface area contributed by atoms with E-state index in [1.54, 1.807) is 7.11 Å². The molecule has 1 aliphatic heterocycles. The summed E-state index contributed by atoms with van der Waals surface area (Å²) < 4.78 is 5.19. The van der Waals surface area contributed by atoms with E-state index in [0.717, 1.165) is 44.4 Å². The molecule has 140 valence electrons. The van der Waals surface area contributed by atoms with Gasteiger partial charge in [-0.2, -0.15) is 0 Å². The number of hydrogen-bond acceptors (Lipinski definition) is 4. The van der Waals surface area contributed by atoms with Crippen LogP contribution in [-0.4, -0.2) is 75.2 Å². The number of aliphatic imine (C=N–C) groups is 1. The van der Waals surface area contributed by atoms with E-state index in [1.165, 1.54) is 18.7 Å². The number of guanidine groups is 1. The summed E-state index contributed by atoms with van der Waals surface area (Å²) in [6.45, 7) is 12.0. The maximum absolute atomic E-state index is 5.19. The normalized spacial score (nSPS) is 18.0. The Labute approximate surface area is 152 Å². The van der Waals surface area contributed by atoms with E-state index >= 15 is 0 Å². The molecule has 2 N–H and O–H groups in total. The number of ether oxygens (including phenoxy) is 1. The quantitative estimate of drug-likeness (QED) is 0.577. The van der Waals surface area contributed by atoms with Crippen LogP contribution in [0.25, 0.3) is 0 Å². The molecule has 1 aromatic rings. The third kappa shape index (κ3) is 6.21. The maximum atomic E-state index is 5.19. The van der Waals surface area contributed by atoms with Crippen molar-refractivity contribution in [2.24, 2.45) is 4.99 Å². The van der Waals surface area contributed by atoms with Gasteiger partial charge in [-0.3, -0.25) is 9.89 Å². The van der Waals surface area contributed by atoms with Crippen molar-refractivity contribution >= 4 is 5.96 Å². The van der Waals surface area contributed by atoms with Crippen molar-refractivity contribution in [2.75, 3.05) is 53.4 Å². The Kier molecular flexibility index (Phi) is 8.01. The second kappa shape index (κ2) is 10.3. The van der Waals surface area contributed by atoms with Crippen molar-refractivity contribution in [2.45, 2.75) is 26.4 Å². The van der Waals surface area contributed by atoms with Gasteiger partial charge in [-0.1, -0.05) is 19.1 Å². The number of methoxy groups -OCH3 is 1. The number of rotatable bonds is 7. The second-order valence-corrected chi connectivity index (χ2v) is 6.47. The number of likely N-dealkylation sites (N-methyl/N-ethyl adjacent to an activating group) is 1. The molecule has 0 aromatic heterocycles. The predicted molar refractivity (Wildman–Crippen MR) is 104 cm³/mol. The fourth-order valence-corrected chi connectivity index (χ4v) is 3.04. The summed E-state index contributed by atoms with van der Waals surface area (Å²) in [5.41, 5.74) is 1.20. The lowest BCUT2D eigenvalue weighted by Gasteiger charge is -2.37. The smallest absolute Gasteiger partial charge is 0.191 e. The summed E-state index contributed by atoms with van der Waals surface area (Å²) in [7, 11) is 3.50. The molecule has 6 heteroatoms. The van der Waals surface area contributed by atoms with E-state index in [9.17, 15) is 0 Å². The first-order valence-corrected chi connectivity index (χ1v) is 9.20. The molecule has 1 fully saturated rings. The van der Waals surface area contributed by atoms with Gasteiger partial charge in [0.15, 0.2) is 5.96 Å². The average molecular weight is 348 g/mol. The molecular weight excluding hydrogens is 314 g/mol. The molecule has 0 amide bonds. The number of piperazine rings is 1. The zero-order chi connectivity index (χ0) is 18.1. The van der Waals surface area contributed by atoms with Gasteiger partial charge in [0.05, 0.1) is 7.11 Å². The van der Waals surface area contributed by atoms with Gasteiger partial charge in [-0.15, -0.1) is 0 Å². The summed E-state index contributed by atoms with van der Waals surface area (Å²) in [5, 5.41) is 6.81. The van der Waals surface area contributed by atoms with Gasteiger partial charge in [0.1, 0.15) is 5.75 Å². The highest BCUT2D eigenvalue weighted by Crippen LogP contribution is 2.11. The van der Waals surface area contributed by atoms with Gasteiger partial charge in [0.2, 0.25) is 0 Å². The predicted octanol–water partition coefficient (Wildman–Crippen LogP) is 1.39. The molecule has 0 radical (unpaired) electrons. The standard InChI is InChI=1S/C19H33N5O/c1-5-23-10-12-24(13-11-23)16(2)14-21-19(20-3)22-15-17-6-8-18(25-4)9-7-17/h6-9,16H,5,10-15H2,1-4H3,(H2,20,21,22). The lowest BCUT2D eigenvalue weighted by atomic mass is 10.2. The van der Waals surface area contributed by atoms with Crippen molar-refractivity contribution in [3.05, 3.63) is 29.8 Å². The molecular formula is C19H33N5O. The summed E-state index contributed by atoms with van der Waals surface area (Å²) in [6.07, 6.45) is 0. The zero-order valence-electron chi connectivity index (χ0n) is 16.1. The van der Waals surface area contributed by atoms with Gasteiger partial charge in [0.25, 0.3) is 0 Å². The van der Waals surface area contributed by atoms with E-state index in [2.05, 4.69) is 51.4 Å². The van der Waals surface area contributed by atoms with Gasteiger partial charge in [-0.05, 0) is 31.2 Å². The van der Waals surface area contributed by atoms with Gasteiger partial charge < -0.3 is 20.3 Å². The van der Waals surface area contributed by atoms with Crippen molar-refractivity contribution in [3.63, 3.8) is 0 Å². The Hall–Kier alpha value is -1.79. The topological polar surface area (TPSA) is 52.1 Å². The molecule has 0 aliphatic carbocycles. The average Bonchev–Trinajstić information content (AvgIpc) is 2.68. The molecule has 1 saturated heterocycles. The van der Waals surface area contributed by atoms with Crippen LogP contribution in [0, 0.1) is 0 Å². The van der Waals surface area contributed by atoms with E-state index in [1.807, 2.05) is 19.2 Å². The Bertz CT molecular complexity index is 523. The van der Waals surface area contributed by atoms with Crippen LogP contribution in [0.5, 0.6) is 5.75 Å². The number of benzene rings is 1. The fourth-order valence-electron chi connectivity index (χ4n) is 3.04.